The summed E-state index contributed by atoms with van der Waals surface area (Å²) in [5, 5.41) is 2.24. The maximum absolute atomic E-state index is 13.0. The molecule has 4 rings (SSSR count). The minimum Gasteiger partial charge on any atom is -0.489 e. The topological polar surface area (TPSA) is 34.5 Å². The summed E-state index contributed by atoms with van der Waals surface area (Å²) in [5.74, 6) is 0.615. The number of thioether (sulfide) groups is 1. The summed E-state index contributed by atoms with van der Waals surface area (Å²) < 4.78 is 8.19. The van der Waals surface area contributed by atoms with E-state index in [2.05, 4.69) is 0 Å². The van der Waals surface area contributed by atoms with Crippen LogP contribution in [0.2, 0.25) is 5.02 Å². The minimum absolute atomic E-state index is 0.119. The fraction of sp³-hybridized carbons (Fsp3) is 0.130. The molecule has 4 nitrogen and oxygen atoms in total. The molecule has 0 unspecified atom stereocenters. The van der Waals surface area contributed by atoms with E-state index in [1.807, 2.05) is 85.3 Å². The first-order valence-electron chi connectivity index (χ1n) is 9.33. The second kappa shape index (κ2) is 8.68. The minimum atomic E-state index is -0.119. The molecule has 0 atom stereocenters. The number of thiocarbonyl (C=S) groups is 1. The van der Waals surface area contributed by atoms with Crippen molar-refractivity contribution >= 4 is 51.9 Å². The van der Waals surface area contributed by atoms with Gasteiger partial charge in [-0.1, -0.05) is 53.7 Å². The average Bonchev–Trinajstić information content (AvgIpc) is 3.19. The van der Waals surface area contributed by atoms with Crippen LogP contribution in [0.15, 0.2) is 65.6 Å². The summed E-state index contributed by atoms with van der Waals surface area (Å²) in [7, 11) is 0. The van der Waals surface area contributed by atoms with Crippen molar-refractivity contribution in [3.63, 3.8) is 0 Å². The smallest absolute Gasteiger partial charge is 0.285 e. The zero-order chi connectivity index (χ0) is 21.3. The number of hydrogen-bond acceptors (Lipinski definition) is 4. The monoisotopic (exact) mass is 454 g/mol. The van der Waals surface area contributed by atoms with Crippen LogP contribution in [0.3, 0.4) is 0 Å². The van der Waals surface area contributed by atoms with E-state index >= 15 is 0 Å². The number of rotatable bonds is 5. The van der Waals surface area contributed by atoms with Gasteiger partial charge in [0.15, 0.2) is 4.32 Å². The molecule has 2 aromatic carbocycles. The number of ether oxygens (including phenoxy) is 1. The molecule has 1 saturated heterocycles. The Morgan fingerprint density at radius 2 is 1.70 bits per heavy atom. The van der Waals surface area contributed by atoms with Gasteiger partial charge in [0.25, 0.3) is 5.91 Å². The van der Waals surface area contributed by atoms with Crippen LogP contribution in [0, 0.1) is 13.8 Å². The van der Waals surface area contributed by atoms with E-state index in [0.29, 0.717) is 20.9 Å². The van der Waals surface area contributed by atoms with Crippen LogP contribution in [-0.4, -0.2) is 14.9 Å². The molecule has 1 amide bonds. The first-order chi connectivity index (χ1) is 14.4. The van der Waals surface area contributed by atoms with Crippen LogP contribution in [0.1, 0.15) is 22.5 Å². The Hall–Kier alpha value is -2.54. The molecule has 1 aliphatic rings. The second-order valence-electron chi connectivity index (χ2n) is 6.87. The number of nitrogens with zero attached hydrogens (tertiary/aromatic N) is 2. The standard InChI is InChI=1S/C23H19ClN2O2S2/c1-15-7-8-16(2)25(15)26-22(27)21(30-23(26)29)13-17-9-11-19(12-10-17)28-14-18-5-3-4-6-20(18)24/h3-13H,14H2,1-2H3/b21-13+. The third-order valence-corrected chi connectivity index (χ3v) is 6.39. The zero-order valence-electron chi connectivity index (χ0n) is 16.5. The number of aromatic nitrogens is 1. The maximum Gasteiger partial charge on any atom is 0.285 e. The van der Waals surface area contributed by atoms with Gasteiger partial charge in [-0.2, -0.15) is 5.01 Å². The lowest BCUT2D eigenvalue weighted by atomic mass is 10.2. The highest BCUT2D eigenvalue weighted by Crippen LogP contribution is 2.33. The lowest BCUT2D eigenvalue weighted by Crippen LogP contribution is -2.39. The quantitative estimate of drug-likeness (QED) is 0.356. The molecular weight excluding hydrogens is 436 g/mol. The molecule has 7 heteroatoms. The van der Waals surface area contributed by atoms with E-state index in [9.17, 15) is 4.79 Å². The van der Waals surface area contributed by atoms with Crippen molar-refractivity contribution in [1.82, 2.24) is 4.68 Å². The third kappa shape index (κ3) is 4.17. The van der Waals surface area contributed by atoms with Gasteiger partial charge in [-0.15, -0.1) is 0 Å². The third-order valence-electron chi connectivity index (χ3n) is 4.74. The normalized spacial score (nSPS) is 15.3. The van der Waals surface area contributed by atoms with Gasteiger partial charge in [-0.25, -0.2) is 0 Å². The molecule has 3 aromatic rings. The van der Waals surface area contributed by atoms with Crippen LogP contribution in [0.4, 0.5) is 0 Å². The van der Waals surface area contributed by atoms with Crippen molar-refractivity contribution in [3.05, 3.63) is 93.1 Å². The van der Waals surface area contributed by atoms with Crippen molar-refractivity contribution in [2.24, 2.45) is 0 Å². The van der Waals surface area contributed by atoms with Crippen molar-refractivity contribution in [1.29, 1.82) is 0 Å². The second-order valence-corrected chi connectivity index (χ2v) is 8.95. The summed E-state index contributed by atoms with van der Waals surface area (Å²) in [6.45, 7) is 4.31. The van der Waals surface area contributed by atoms with Gasteiger partial charge in [-0.3, -0.25) is 9.47 Å². The van der Waals surface area contributed by atoms with Gasteiger partial charge in [0.1, 0.15) is 12.4 Å². The average molecular weight is 455 g/mol. The first-order valence-corrected chi connectivity index (χ1v) is 10.9. The van der Waals surface area contributed by atoms with Gasteiger partial charge >= 0.3 is 0 Å². The summed E-state index contributed by atoms with van der Waals surface area (Å²) in [6.07, 6.45) is 1.85. The molecular formula is C23H19ClN2O2S2. The lowest BCUT2D eigenvalue weighted by molar-refractivity contribution is -0.114. The number of amides is 1. The molecule has 0 N–H and O–H groups in total. The number of carbonyl (C=O) groups excluding carboxylic acids is 1. The summed E-state index contributed by atoms with van der Waals surface area (Å²) >= 11 is 12.9. The van der Waals surface area contributed by atoms with E-state index in [1.54, 1.807) is 5.01 Å². The number of carbonyl (C=O) groups is 1. The molecule has 152 valence electrons. The molecule has 2 heterocycles. The molecule has 0 aliphatic carbocycles. The fourth-order valence-corrected chi connectivity index (χ4v) is 4.63. The van der Waals surface area contributed by atoms with Crippen molar-refractivity contribution in [2.75, 3.05) is 5.01 Å². The van der Waals surface area contributed by atoms with Crippen LogP contribution in [-0.2, 0) is 11.4 Å². The maximum atomic E-state index is 13.0. The number of halogens is 1. The lowest BCUT2D eigenvalue weighted by Gasteiger charge is -2.20. The molecule has 30 heavy (non-hydrogen) atoms. The van der Waals surface area contributed by atoms with Gasteiger partial charge in [0, 0.05) is 22.0 Å². The van der Waals surface area contributed by atoms with Gasteiger partial charge in [-0.05, 0) is 68.0 Å². The van der Waals surface area contributed by atoms with Crippen LogP contribution < -0.4 is 9.75 Å². The largest absolute Gasteiger partial charge is 0.489 e. The molecule has 1 aliphatic heterocycles. The Labute approximate surface area is 190 Å². The first kappa shape index (κ1) is 20.7. The molecule has 1 aromatic heterocycles. The van der Waals surface area contributed by atoms with Gasteiger partial charge in [0.05, 0.1) is 4.91 Å². The highest BCUT2D eigenvalue weighted by Gasteiger charge is 2.34. The Balaban J connectivity index is 1.48. The van der Waals surface area contributed by atoms with E-state index in [1.165, 1.54) is 11.8 Å². The summed E-state index contributed by atoms with van der Waals surface area (Å²) in [5.41, 5.74) is 3.76. The van der Waals surface area contributed by atoms with Crippen LogP contribution >= 0.6 is 35.6 Å². The van der Waals surface area contributed by atoms with Crippen LogP contribution in [0.25, 0.3) is 6.08 Å². The molecule has 1 fully saturated rings. The van der Waals surface area contributed by atoms with E-state index < -0.39 is 0 Å². The number of hydrogen-bond donors (Lipinski definition) is 0. The fourth-order valence-electron chi connectivity index (χ4n) is 3.20. The molecule has 0 radical (unpaired) electrons. The summed E-state index contributed by atoms with van der Waals surface area (Å²) in [6, 6.07) is 19.1. The van der Waals surface area contributed by atoms with Gasteiger partial charge in [0.2, 0.25) is 0 Å². The number of benzene rings is 2. The Morgan fingerprint density at radius 3 is 2.37 bits per heavy atom. The number of aryl methyl sites for hydroxylation is 2. The van der Waals surface area contributed by atoms with Crippen molar-refractivity contribution in [3.8, 4) is 5.75 Å². The van der Waals surface area contributed by atoms with Crippen LogP contribution in [0.5, 0.6) is 5.75 Å². The SMILES string of the molecule is Cc1ccc(C)n1N1C(=O)/C(=C\c2ccc(OCc3ccccc3Cl)cc2)SC1=S. The predicted molar refractivity (Wildman–Crippen MR) is 128 cm³/mol. The van der Waals surface area contributed by atoms with E-state index in [-0.39, 0.29) is 5.91 Å². The molecule has 0 bridgehead atoms. The van der Waals surface area contributed by atoms with Gasteiger partial charge < -0.3 is 4.74 Å². The van der Waals surface area contributed by atoms with Crippen molar-refractivity contribution in [2.45, 2.75) is 20.5 Å². The Bertz CT molecular complexity index is 1130. The zero-order valence-corrected chi connectivity index (χ0v) is 18.9. The van der Waals surface area contributed by atoms with E-state index in [4.69, 9.17) is 28.6 Å². The van der Waals surface area contributed by atoms with Crippen molar-refractivity contribution < 1.29 is 9.53 Å². The van der Waals surface area contributed by atoms with E-state index in [0.717, 1.165) is 28.3 Å². The highest BCUT2D eigenvalue weighted by molar-refractivity contribution is 8.27. The molecule has 0 saturated carbocycles. The summed E-state index contributed by atoms with van der Waals surface area (Å²) in [4.78, 5) is 13.6. The Morgan fingerprint density at radius 1 is 1.03 bits per heavy atom. The predicted octanol–water partition coefficient (Wildman–Crippen LogP) is 5.87. The Kier molecular flexibility index (Phi) is 5.99. The molecule has 0 spiro atoms. The highest BCUT2D eigenvalue weighted by atomic mass is 35.5.